The highest BCUT2D eigenvalue weighted by Crippen LogP contribution is 2.34. The third-order valence-electron chi connectivity index (χ3n) is 5.40. The molecule has 1 aliphatic carbocycles. The molecule has 1 aliphatic rings. The van der Waals surface area contributed by atoms with Gasteiger partial charge >= 0.3 is 6.18 Å². The minimum Gasteiger partial charge on any atom is -0.352 e. The van der Waals surface area contributed by atoms with Gasteiger partial charge in [-0.15, -0.1) is 0 Å². The van der Waals surface area contributed by atoms with Crippen molar-refractivity contribution in [3.05, 3.63) is 68.2 Å². The Labute approximate surface area is 198 Å². The first-order chi connectivity index (χ1) is 15.0. The molecule has 0 saturated heterocycles. The molecule has 0 radical (unpaired) electrons. The van der Waals surface area contributed by atoms with Crippen molar-refractivity contribution in [2.24, 2.45) is 11.8 Å². The molecule has 172 valence electrons. The summed E-state index contributed by atoms with van der Waals surface area (Å²) in [5.41, 5.74) is 0.0473. The second kappa shape index (κ2) is 10.3. The topological polar surface area (TPSA) is 58.2 Å². The van der Waals surface area contributed by atoms with E-state index in [9.17, 15) is 22.8 Å². The van der Waals surface area contributed by atoms with Crippen molar-refractivity contribution >= 4 is 46.6 Å². The van der Waals surface area contributed by atoms with Gasteiger partial charge in [0.2, 0.25) is 11.8 Å². The first kappa shape index (κ1) is 24.7. The van der Waals surface area contributed by atoms with Crippen LogP contribution in [0.3, 0.4) is 0 Å². The number of rotatable bonds is 6. The predicted octanol–water partition coefficient (Wildman–Crippen LogP) is 6.01. The third-order valence-corrected chi connectivity index (χ3v) is 6.21. The van der Waals surface area contributed by atoms with E-state index in [1.165, 1.54) is 0 Å². The number of hydrogen-bond acceptors (Lipinski definition) is 2. The average Bonchev–Trinajstić information content (AvgIpc) is 3.19. The molecule has 2 aromatic rings. The van der Waals surface area contributed by atoms with Crippen LogP contribution in [0.25, 0.3) is 0 Å². The maximum absolute atomic E-state index is 12.9. The summed E-state index contributed by atoms with van der Waals surface area (Å²) in [5.74, 6) is -1.75. The smallest absolute Gasteiger partial charge is 0.352 e. The fraction of sp³-hybridized carbons (Fsp3) is 0.364. The number of benzene rings is 2. The molecule has 2 atom stereocenters. The minimum absolute atomic E-state index is 0.124. The summed E-state index contributed by atoms with van der Waals surface area (Å²) in [5, 5.41) is 6.46. The van der Waals surface area contributed by atoms with Gasteiger partial charge in [0.25, 0.3) is 0 Å². The number of nitrogens with one attached hydrogen (secondary N) is 2. The molecular formula is C22H20Cl3F3N2O2. The highest BCUT2D eigenvalue weighted by molar-refractivity contribution is 6.34. The van der Waals surface area contributed by atoms with Crippen molar-refractivity contribution < 1.29 is 22.8 Å². The maximum Gasteiger partial charge on any atom is 0.416 e. The van der Waals surface area contributed by atoms with Gasteiger partial charge < -0.3 is 10.6 Å². The van der Waals surface area contributed by atoms with Crippen molar-refractivity contribution in [1.82, 2.24) is 10.6 Å². The van der Waals surface area contributed by atoms with E-state index < -0.39 is 23.6 Å². The number of hydrogen-bond donors (Lipinski definition) is 2. The van der Waals surface area contributed by atoms with E-state index in [2.05, 4.69) is 10.6 Å². The molecule has 0 aliphatic heterocycles. The van der Waals surface area contributed by atoms with Crippen LogP contribution in [0.4, 0.5) is 13.2 Å². The zero-order valence-corrected chi connectivity index (χ0v) is 19.0. The van der Waals surface area contributed by atoms with Crippen molar-refractivity contribution in [1.29, 1.82) is 0 Å². The lowest BCUT2D eigenvalue weighted by Gasteiger charge is -2.19. The Kier molecular flexibility index (Phi) is 7.96. The van der Waals surface area contributed by atoms with Crippen LogP contribution < -0.4 is 10.6 Å². The maximum atomic E-state index is 12.9. The van der Waals surface area contributed by atoms with E-state index in [1.54, 1.807) is 18.2 Å². The summed E-state index contributed by atoms with van der Waals surface area (Å²) in [4.78, 5) is 25.4. The molecule has 0 aromatic heterocycles. The lowest BCUT2D eigenvalue weighted by molar-refractivity contribution is -0.137. The van der Waals surface area contributed by atoms with Gasteiger partial charge in [-0.25, -0.2) is 0 Å². The molecule has 0 bridgehead atoms. The Bertz CT molecular complexity index is 994. The number of alkyl halides is 3. The van der Waals surface area contributed by atoms with E-state index in [1.807, 2.05) is 0 Å². The number of carbonyl (C=O) groups excluding carboxylic acids is 2. The van der Waals surface area contributed by atoms with Crippen LogP contribution in [-0.2, 0) is 28.9 Å². The Balaban J connectivity index is 1.60. The molecule has 0 heterocycles. The van der Waals surface area contributed by atoms with E-state index >= 15 is 0 Å². The molecule has 10 heteroatoms. The quantitative estimate of drug-likeness (QED) is 0.503. The van der Waals surface area contributed by atoms with Crippen molar-refractivity contribution in [2.75, 3.05) is 0 Å². The summed E-state index contributed by atoms with van der Waals surface area (Å²) >= 11 is 17.9. The molecule has 2 amide bonds. The molecule has 3 rings (SSSR count). The van der Waals surface area contributed by atoms with Gasteiger partial charge in [0.1, 0.15) is 0 Å². The van der Waals surface area contributed by atoms with Crippen LogP contribution in [0, 0.1) is 11.8 Å². The molecule has 1 saturated carbocycles. The monoisotopic (exact) mass is 506 g/mol. The molecule has 1 fully saturated rings. The second-order valence-electron chi connectivity index (χ2n) is 7.66. The van der Waals surface area contributed by atoms with Crippen LogP contribution in [0.15, 0.2) is 36.4 Å². The van der Waals surface area contributed by atoms with E-state index in [-0.39, 0.29) is 35.5 Å². The predicted molar refractivity (Wildman–Crippen MR) is 117 cm³/mol. The van der Waals surface area contributed by atoms with E-state index in [0.29, 0.717) is 29.3 Å². The Hall–Kier alpha value is -1.96. The largest absolute Gasteiger partial charge is 0.416 e. The van der Waals surface area contributed by atoms with Crippen molar-refractivity contribution in [3.63, 3.8) is 0 Å². The lowest BCUT2D eigenvalue weighted by Crippen LogP contribution is -2.39. The molecular weight excluding hydrogens is 488 g/mol. The summed E-state index contributed by atoms with van der Waals surface area (Å²) in [7, 11) is 0. The second-order valence-corrected chi connectivity index (χ2v) is 8.94. The highest BCUT2D eigenvalue weighted by Gasteiger charge is 2.37. The van der Waals surface area contributed by atoms with E-state index in [0.717, 1.165) is 23.8 Å². The summed E-state index contributed by atoms with van der Waals surface area (Å²) in [6.45, 7) is 0.0528. The van der Waals surface area contributed by atoms with Gasteiger partial charge in [0.05, 0.1) is 5.56 Å². The van der Waals surface area contributed by atoms with E-state index in [4.69, 9.17) is 34.8 Å². The van der Waals surface area contributed by atoms with Gasteiger partial charge in [-0.3, -0.25) is 9.59 Å². The van der Waals surface area contributed by atoms with Crippen LogP contribution in [0.1, 0.15) is 36.0 Å². The van der Waals surface area contributed by atoms with Gasteiger partial charge in [-0.2, -0.15) is 13.2 Å². The summed E-state index contributed by atoms with van der Waals surface area (Å²) in [6, 6.07) is 7.91. The minimum atomic E-state index is -4.51. The number of amides is 2. The Morgan fingerprint density at radius 1 is 0.875 bits per heavy atom. The molecule has 32 heavy (non-hydrogen) atoms. The molecule has 0 unspecified atom stereocenters. The van der Waals surface area contributed by atoms with Crippen molar-refractivity contribution in [3.8, 4) is 0 Å². The summed E-state index contributed by atoms with van der Waals surface area (Å²) < 4.78 is 38.8. The SMILES string of the molecule is O=C(NCc1cc(Cl)cc(Cl)c1)[C@@H]1CCC[C@H]1C(=O)NCc1cc(C(F)(F)F)ccc1Cl. The van der Waals surface area contributed by atoms with Gasteiger partial charge in [-0.1, -0.05) is 41.2 Å². The normalized spacial score (nSPS) is 18.4. The average molecular weight is 508 g/mol. The number of carbonyl (C=O) groups is 2. The zero-order chi connectivity index (χ0) is 23.5. The van der Waals surface area contributed by atoms with Gasteiger partial charge in [-0.05, 0) is 60.4 Å². The Morgan fingerprint density at radius 3 is 2.00 bits per heavy atom. The number of halogens is 6. The molecule has 4 nitrogen and oxygen atoms in total. The fourth-order valence-electron chi connectivity index (χ4n) is 3.82. The van der Waals surface area contributed by atoms with Gasteiger partial charge in [0.15, 0.2) is 0 Å². The van der Waals surface area contributed by atoms with Gasteiger partial charge in [0, 0.05) is 40.0 Å². The standard InChI is InChI=1S/C22H20Cl3F3N2O2/c23-15-6-12(7-16(24)9-15)10-29-20(31)17-2-1-3-18(17)21(32)30-11-13-8-14(22(26,27)28)4-5-19(13)25/h4-9,17-18H,1-3,10-11H2,(H,29,31)(H,30,32)/t17-,18-/m1/s1. The molecule has 2 N–H and O–H groups in total. The summed E-state index contributed by atoms with van der Waals surface area (Å²) in [6.07, 6.45) is -2.75. The van der Waals surface area contributed by atoms with Crippen molar-refractivity contribution in [2.45, 2.75) is 38.5 Å². The fourth-order valence-corrected chi connectivity index (χ4v) is 4.58. The van der Waals surface area contributed by atoms with Crippen LogP contribution in [0.2, 0.25) is 15.1 Å². The molecule has 0 spiro atoms. The van der Waals surface area contributed by atoms with Crippen LogP contribution in [-0.4, -0.2) is 11.8 Å². The first-order valence-corrected chi connectivity index (χ1v) is 11.0. The third kappa shape index (κ3) is 6.30. The Morgan fingerprint density at radius 2 is 1.44 bits per heavy atom. The van der Waals surface area contributed by atoms with Crippen LogP contribution >= 0.6 is 34.8 Å². The zero-order valence-electron chi connectivity index (χ0n) is 16.7. The first-order valence-electron chi connectivity index (χ1n) is 9.90. The van der Waals surface area contributed by atoms with Crippen LogP contribution in [0.5, 0.6) is 0 Å². The highest BCUT2D eigenvalue weighted by atomic mass is 35.5. The lowest BCUT2D eigenvalue weighted by atomic mass is 9.94. The molecule has 2 aromatic carbocycles.